The first-order valence-electron chi connectivity index (χ1n) is 9.31. The lowest BCUT2D eigenvalue weighted by Crippen LogP contribution is -2.20. The van der Waals surface area contributed by atoms with Crippen LogP contribution in [0.25, 0.3) is 6.08 Å². The van der Waals surface area contributed by atoms with Crippen molar-refractivity contribution in [1.29, 1.82) is 0 Å². The summed E-state index contributed by atoms with van der Waals surface area (Å²) in [5.74, 6) is 0.659. The van der Waals surface area contributed by atoms with Crippen LogP contribution in [0.3, 0.4) is 0 Å². The maximum Gasteiger partial charge on any atom is 0.270 e. The van der Waals surface area contributed by atoms with Crippen LogP contribution in [-0.2, 0) is 0 Å². The topological polar surface area (TPSA) is 0 Å². The third-order valence-corrected chi connectivity index (χ3v) is 8.77. The molecule has 0 aromatic heterocycles. The van der Waals surface area contributed by atoms with Gasteiger partial charge in [0.25, 0.3) is 6.08 Å². The summed E-state index contributed by atoms with van der Waals surface area (Å²) >= 11 is 0. The van der Waals surface area contributed by atoms with Gasteiger partial charge in [-0.05, 0) is 29.9 Å². The molecule has 1 aliphatic heterocycles. The fourth-order valence-electron chi connectivity index (χ4n) is 3.81. The Balaban J connectivity index is 1.72. The zero-order valence-electron chi connectivity index (χ0n) is 14.4. The van der Waals surface area contributed by atoms with E-state index in [1.54, 1.807) is 0 Å². The normalized spacial score (nSPS) is 21.2. The van der Waals surface area contributed by atoms with Crippen molar-refractivity contribution in [3.8, 4) is 0 Å². The lowest BCUT2D eigenvalue weighted by Gasteiger charge is -2.28. The first-order chi connectivity index (χ1) is 11.2. The van der Waals surface area contributed by atoms with Gasteiger partial charge in [-0.25, -0.2) is 0 Å². The highest BCUT2D eigenvalue weighted by Gasteiger charge is 2.22. The number of hydrogen-bond donors (Lipinski definition) is 0. The van der Waals surface area contributed by atoms with Crippen molar-refractivity contribution in [1.82, 2.24) is 0 Å². The molecule has 0 N–H and O–H groups in total. The molecule has 1 heterocycles. The summed E-state index contributed by atoms with van der Waals surface area (Å²) in [6, 6.07) is 12.2. The first kappa shape index (κ1) is 18.4. The summed E-state index contributed by atoms with van der Waals surface area (Å²) < 4.78 is 24.5. The quantitative estimate of drug-likeness (QED) is 0.354. The minimum absolute atomic E-state index is 0.478. The number of benzene rings is 1. The van der Waals surface area contributed by atoms with Crippen LogP contribution in [0.4, 0.5) is 8.78 Å². The molecule has 1 aliphatic rings. The minimum Gasteiger partial charge on any atom is -0.173 e. The van der Waals surface area contributed by atoms with Gasteiger partial charge in [0.15, 0.2) is 0 Å². The Morgan fingerprint density at radius 1 is 1.04 bits per heavy atom. The first-order valence-corrected chi connectivity index (χ1v) is 11.8. The maximum absolute atomic E-state index is 12.3. The third kappa shape index (κ3) is 6.58. The van der Waals surface area contributed by atoms with Crippen molar-refractivity contribution >= 4 is 14.9 Å². The van der Waals surface area contributed by atoms with Crippen LogP contribution in [0.1, 0.15) is 68.9 Å². The molecule has 0 unspecified atom stereocenters. The lowest BCUT2D eigenvalue weighted by molar-refractivity contribution is 0.429. The molecule has 1 aromatic rings. The molecule has 0 nitrogen and oxygen atoms in total. The van der Waals surface area contributed by atoms with E-state index in [2.05, 4.69) is 6.92 Å². The molecule has 0 amide bonds. The molecule has 2 rings (SSSR count). The Kier molecular flexibility index (Phi) is 8.00. The molecule has 0 saturated carbocycles. The van der Waals surface area contributed by atoms with E-state index in [1.165, 1.54) is 68.6 Å². The number of halogens is 2. The summed E-state index contributed by atoms with van der Waals surface area (Å²) in [4.78, 5) is 0. The molecule has 0 aliphatic carbocycles. The van der Waals surface area contributed by atoms with E-state index >= 15 is 0 Å². The molecule has 1 saturated heterocycles. The van der Waals surface area contributed by atoms with Gasteiger partial charge in [0.05, 0.1) is 0 Å². The van der Waals surface area contributed by atoms with Gasteiger partial charge in [-0.3, -0.25) is 0 Å². The second-order valence-corrected chi connectivity index (χ2v) is 10.5. The summed E-state index contributed by atoms with van der Waals surface area (Å²) in [6.45, 7) is 2.27. The van der Waals surface area contributed by atoms with Crippen LogP contribution in [0.15, 0.2) is 30.3 Å². The predicted octanol–water partition coefficient (Wildman–Crippen LogP) is 7.00. The van der Waals surface area contributed by atoms with E-state index < -0.39 is 14.9 Å². The van der Waals surface area contributed by atoms with Crippen LogP contribution >= 0.6 is 0 Å². The average Bonchev–Trinajstić information content (AvgIpc) is 2.55. The monoisotopic (exact) mass is 336 g/mol. The van der Waals surface area contributed by atoms with Crippen molar-refractivity contribution in [3.63, 3.8) is 0 Å². The van der Waals surface area contributed by atoms with E-state index in [1.807, 2.05) is 24.3 Å². The van der Waals surface area contributed by atoms with Crippen molar-refractivity contribution in [2.45, 2.75) is 75.9 Å². The van der Waals surface area contributed by atoms with Crippen molar-refractivity contribution < 1.29 is 8.78 Å². The van der Waals surface area contributed by atoms with Gasteiger partial charge in [0.2, 0.25) is 0 Å². The Morgan fingerprint density at radius 3 is 2.30 bits per heavy atom. The van der Waals surface area contributed by atoms with Crippen molar-refractivity contribution in [2.24, 2.45) is 0 Å². The van der Waals surface area contributed by atoms with Gasteiger partial charge in [-0.1, -0.05) is 81.4 Å². The minimum atomic E-state index is -1.62. The number of hydrogen-bond acceptors (Lipinski definition) is 0. The van der Waals surface area contributed by atoms with E-state index in [0.29, 0.717) is 11.5 Å². The number of unbranched alkanes of at least 4 members (excludes halogenated alkanes) is 4. The van der Waals surface area contributed by atoms with Crippen LogP contribution in [0.5, 0.6) is 0 Å². The highest BCUT2D eigenvalue weighted by atomic mass is 28.3. The predicted molar refractivity (Wildman–Crippen MR) is 98.9 cm³/mol. The van der Waals surface area contributed by atoms with Gasteiger partial charge in [0.1, 0.15) is 0 Å². The fourth-order valence-corrected chi connectivity index (χ4v) is 7.29. The molecule has 1 fully saturated rings. The Labute approximate surface area is 141 Å². The maximum atomic E-state index is 12.3. The van der Waals surface area contributed by atoms with Gasteiger partial charge in [-0.15, -0.1) is 0 Å². The standard InChI is InChI=1S/C20H30F2Si/c1-2-3-4-5-6-13-23-14-11-19(12-15-23)18-9-7-17(8-10-18)16-20(21)22/h7-10,16,19,23H,2-6,11-15H2,1H3/t19-,23-. The second kappa shape index (κ2) is 10.0. The SMILES string of the molecule is CCCCCCC[Si@H]1CC[C@H](c2ccc(C=C(F)F)cc2)CC1. The van der Waals surface area contributed by atoms with E-state index in [9.17, 15) is 8.78 Å². The zero-order valence-corrected chi connectivity index (χ0v) is 15.5. The Bertz CT molecular complexity index is 469. The smallest absolute Gasteiger partial charge is 0.173 e. The number of rotatable bonds is 8. The molecule has 23 heavy (non-hydrogen) atoms. The van der Waals surface area contributed by atoms with E-state index in [-0.39, 0.29) is 0 Å². The summed E-state index contributed by atoms with van der Waals surface area (Å²) in [5, 5.41) is 0. The lowest BCUT2D eigenvalue weighted by atomic mass is 9.93. The second-order valence-electron chi connectivity index (χ2n) is 7.02. The molecular weight excluding hydrogens is 306 g/mol. The van der Waals surface area contributed by atoms with Crippen LogP contribution < -0.4 is 0 Å². The largest absolute Gasteiger partial charge is 0.270 e. The fraction of sp³-hybridized carbons (Fsp3) is 0.600. The third-order valence-electron chi connectivity index (χ3n) is 5.25. The van der Waals surface area contributed by atoms with Gasteiger partial charge in [0, 0.05) is 14.9 Å². The molecule has 128 valence electrons. The average molecular weight is 337 g/mol. The van der Waals surface area contributed by atoms with Crippen LogP contribution in [0.2, 0.25) is 18.1 Å². The summed E-state index contributed by atoms with van der Waals surface area (Å²) in [5.41, 5.74) is 1.95. The Hall–Kier alpha value is -0.963. The molecule has 0 radical (unpaired) electrons. The summed E-state index contributed by atoms with van der Waals surface area (Å²) in [7, 11) is -0.478. The van der Waals surface area contributed by atoms with E-state index in [4.69, 9.17) is 0 Å². The Morgan fingerprint density at radius 2 is 1.70 bits per heavy atom. The van der Waals surface area contributed by atoms with Gasteiger partial charge < -0.3 is 0 Å². The molecular formula is C20H30F2Si. The van der Waals surface area contributed by atoms with Gasteiger partial charge >= 0.3 is 0 Å². The zero-order chi connectivity index (χ0) is 16.5. The van der Waals surface area contributed by atoms with Crippen LogP contribution in [0, 0.1) is 0 Å². The molecule has 3 heteroatoms. The van der Waals surface area contributed by atoms with Crippen molar-refractivity contribution in [2.75, 3.05) is 0 Å². The van der Waals surface area contributed by atoms with Crippen LogP contribution in [-0.4, -0.2) is 8.80 Å². The van der Waals surface area contributed by atoms with E-state index in [0.717, 1.165) is 6.08 Å². The summed E-state index contributed by atoms with van der Waals surface area (Å²) in [6.07, 6.45) is 8.98. The van der Waals surface area contributed by atoms with Crippen molar-refractivity contribution in [3.05, 3.63) is 41.5 Å². The molecule has 0 bridgehead atoms. The van der Waals surface area contributed by atoms with Gasteiger partial charge in [-0.2, -0.15) is 8.78 Å². The molecule has 1 aromatic carbocycles. The molecule has 0 spiro atoms. The molecule has 0 atom stereocenters. The highest BCUT2D eigenvalue weighted by Crippen LogP contribution is 2.35. The highest BCUT2D eigenvalue weighted by molar-refractivity contribution is 6.59.